The second-order valence-corrected chi connectivity index (χ2v) is 10.3. The Morgan fingerprint density at radius 2 is 1.96 bits per heavy atom. The Morgan fingerprint density at radius 3 is 2.56 bits per heavy atom. The Labute approximate surface area is 164 Å². The van der Waals surface area contributed by atoms with Crippen LogP contribution in [0.15, 0.2) is 34.2 Å². The molecule has 1 saturated carbocycles. The van der Waals surface area contributed by atoms with E-state index in [9.17, 15) is 12.6 Å². The SMILES string of the molecule is CCNC(=NCc1ccc(S(N)(=O)=O)cc1)NC1CCCC(S(=O)CC)C1. The predicted molar refractivity (Wildman–Crippen MR) is 110 cm³/mol. The van der Waals surface area contributed by atoms with Crippen LogP contribution in [-0.4, -0.2) is 42.2 Å². The molecule has 1 aromatic rings. The Morgan fingerprint density at radius 1 is 1.26 bits per heavy atom. The number of aliphatic imine (C=N–C) groups is 1. The highest BCUT2D eigenvalue weighted by atomic mass is 32.2. The van der Waals surface area contributed by atoms with Gasteiger partial charge in [-0.25, -0.2) is 18.5 Å². The van der Waals surface area contributed by atoms with Crippen molar-refractivity contribution < 1.29 is 12.6 Å². The number of nitrogens with one attached hydrogen (secondary N) is 2. The molecular formula is C18H30N4O3S2. The zero-order valence-electron chi connectivity index (χ0n) is 16.0. The van der Waals surface area contributed by atoms with Crippen LogP contribution in [0.25, 0.3) is 0 Å². The van der Waals surface area contributed by atoms with Crippen LogP contribution >= 0.6 is 0 Å². The summed E-state index contributed by atoms with van der Waals surface area (Å²) in [5.74, 6) is 1.43. The lowest BCUT2D eigenvalue weighted by Crippen LogP contribution is -2.46. The van der Waals surface area contributed by atoms with E-state index >= 15 is 0 Å². The van der Waals surface area contributed by atoms with E-state index in [2.05, 4.69) is 15.6 Å². The van der Waals surface area contributed by atoms with Gasteiger partial charge in [0.05, 0.1) is 11.4 Å². The molecule has 0 radical (unpaired) electrons. The maximum Gasteiger partial charge on any atom is 0.238 e. The molecular weight excluding hydrogens is 384 g/mol. The number of hydrogen-bond acceptors (Lipinski definition) is 4. The largest absolute Gasteiger partial charge is 0.357 e. The van der Waals surface area contributed by atoms with E-state index in [-0.39, 0.29) is 16.2 Å². The summed E-state index contributed by atoms with van der Waals surface area (Å²) in [5.41, 5.74) is 0.896. The number of nitrogens with two attached hydrogens (primary N) is 1. The maximum absolute atomic E-state index is 12.1. The van der Waals surface area contributed by atoms with Crippen LogP contribution in [-0.2, 0) is 27.4 Å². The van der Waals surface area contributed by atoms with Gasteiger partial charge in [0, 0.05) is 34.4 Å². The minimum Gasteiger partial charge on any atom is -0.357 e. The molecule has 0 amide bonds. The number of primary sulfonamides is 1. The van der Waals surface area contributed by atoms with Crippen LogP contribution in [0.2, 0.25) is 0 Å². The van der Waals surface area contributed by atoms with Gasteiger partial charge in [-0.15, -0.1) is 0 Å². The molecule has 152 valence electrons. The van der Waals surface area contributed by atoms with E-state index in [1.807, 2.05) is 13.8 Å². The van der Waals surface area contributed by atoms with Crippen molar-refractivity contribution in [1.29, 1.82) is 0 Å². The first kappa shape index (κ1) is 21.8. The second kappa shape index (κ2) is 10.2. The summed E-state index contributed by atoms with van der Waals surface area (Å²) in [6.07, 6.45) is 4.05. The van der Waals surface area contributed by atoms with Crippen LogP contribution in [0.5, 0.6) is 0 Å². The smallest absolute Gasteiger partial charge is 0.238 e. The summed E-state index contributed by atoms with van der Waals surface area (Å²) in [6.45, 7) is 5.15. The Balaban J connectivity index is 2.00. The Bertz CT molecular complexity index is 763. The highest BCUT2D eigenvalue weighted by Gasteiger charge is 2.26. The van der Waals surface area contributed by atoms with Gasteiger partial charge < -0.3 is 10.6 Å². The summed E-state index contributed by atoms with van der Waals surface area (Å²) in [6, 6.07) is 6.68. The highest BCUT2D eigenvalue weighted by Crippen LogP contribution is 2.23. The number of sulfonamides is 1. The zero-order chi connectivity index (χ0) is 19.9. The number of nitrogens with zero attached hydrogens (tertiary/aromatic N) is 1. The van der Waals surface area contributed by atoms with Crippen molar-refractivity contribution in [3.05, 3.63) is 29.8 Å². The minimum absolute atomic E-state index is 0.0948. The molecule has 2 rings (SSSR count). The van der Waals surface area contributed by atoms with Crippen LogP contribution in [0.4, 0.5) is 0 Å². The highest BCUT2D eigenvalue weighted by molar-refractivity contribution is 7.89. The normalized spacial score (nSPS) is 22.3. The van der Waals surface area contributed by atoms with Crippen molar-refractivity contribution >= 4 is 26.8 Å². The minimum atomic E-state index is -3.68. The fourth-order valence-corrected chi connectivity index (χ4v) is 5.08. The van der Waals surface area contributed by atoms with Crippen LogP contribution < -0.4 is 15.8 Å². The molecule has 27 heavy (non-hydrogen) atoms. The van der Waals surface area contributed by atoms with Crippen LogP contribution in [0.3, 0.4) is 0 Å². The first-order chi connectivity index (χ1) is 12.8. The number of hydrogen-bond donors (Lipinski definition) is 3. The summed E-state index contributed by atoms with van der Waals surface area (Å²) >= 11 is 0. The molecule has 3 atom stereocenters. The monoisotopic (exact) mass is 414 g/mol. The van der Waals surface area contributed by atoms with E-state index in [4.69, 9.17) is 5.14 Å². The molecule has 7 nitrogen and oxygen atoms in total. The third-order valence-electron chi connectivity index (χ3n) is 4.64. The molecule has 1 aliphatic rings. The van der Waals surface area contributed by atoms with Gasteiger partial charge in [-0.05, 0) is 43.9 Å². The molecule has 0 bridgehead atoms. The molecule has 0 heterocycles. The lowest BCUT2D eigenvalue weighted by atomic mass is 9.95. The molecule has 0 spiro atoms. The van der Waals surface area contributed by atoms with Gasteiger partial charge in [0.25, 0.3) is 0 Å². The number of benzene rings is 1. The first-order valence-corrected chi connectivity index (χ1v) is 12.3. The van der Waals surface area contributed by atoms with Crippen molar-refractivity contribution in [2.45, 2.75) is 62.3 Å². The fraction of sp³-hybridized carbons (Fsp3) is 0.611. The second-order valence-electron chi connectivity index (χ2n) is 6.68. The summed E-state index contributed by atoms with van der Waals surface area (Å²) < 4.78 is 34.8. The average Bonchev–Trinajstić information content (AvgIpc) is 2.65. The number of guanidine groups is 1. The van der Waals surface area contributed by atoms with Crippen molar-refractivity contribution in [3.63, 3.8) is 0 Å². The lowest BCUT2D eigenvalue weighted by Gasteiger charge is -2.30. The van der Waals surface area contributed by atoms with Gasteiger partial charge in [0.1, 0.15) is 0 Å². The fourth-order valence-electron chi connectivity index (χ4n) is 3.22. The van der Waals surface area contributed by atoms with Gasteiger partial charge in [-0.2, -0.15) is 0 Å². The van der Waals surface area contributed by atoms with Crippen LogP contribution in [0, 0.1) is 0 Å². The lowest BCUT2D eigenvalue weighted by molar-refractivity contribution is 0.413. The molecule has 1 aliphatic carbocycles. The van der Waals surface area contributed by atoms with E-state index in [1.165, 1.54) is 12.1 Å². The predicted octanol–water partition coefficient (Wildman–Crippen LogP) is 1.47. The maximum atomic E-state index is 12.1. The standard InChI is InChI=1S/C18H30N4O3S2/c1-3-20-18(22-15-6-5-7-16(12-15)26(23)4-2)21-13-14-8-10-17(11-9-14)27(19,24)25/h8-11,15-16H,3-7,12-13H2,1-2H3,(H2,19,24,25)(H2,20,21,22). The summed E-state index contributed by atoms with van der Waals surface area (Å²) in [4.78, 5) is 4.69. The van der Waals surface area contributed by atoms with Crippen LogP contribution in [0.1, 0.15) is 45.1 Å². The molecule has 9 heteroatoms. The molecule has 4 N–H and O–H groups in total. The van der Waals surface area contributed by atoms with Crippen molar-refractivity contribution in [1.82, 2.24) is 10.6 Å². The number of rotatable bonds is 7. The molecule has 1 fully saturated rings. The quantitative estimate of drug-likeness (QED) is 0.462. The molecule has 0 saturated heterocycles. The average molecular weight is 415 g/mol. The van der Waals surface area contributed by atoms with Gasteiger partial charge in [-0.1, -0.05) is 25.5 Å². The Kier molecular flexibility index (Phi) is 8.25. The van der Waals surface area contributed by atoms with E-state index in [0.717, 1.165) is 43.8 Å². The molecule has 1 aromatic carbocycles. The van der Waals surface area contributed by atoms with Crippen molar-refractivity contribution in [3.8, 4) is 0 Å². The Hall–Kier alpha value is -1.45. The molecule has 3 unspecified atom stereocenters. The van der Waals surface area contributed by atoms with Gasteiger partial charge >= 0.3 is 0 Å². The topological polar surface area (TPSA) is 114 Å². The van der Waals surface area contributed by atoms with E-state index in [0.29, 0.717) is 12.3 Å². The first-order valence-electron chi connectivity index (χ1n) is 9.37. The van der Waals surface area contributed by atoms with Gasteiger partial charge in [0.2, 0.25) is 10.0 Å². The summed E-state index contributed by atoms with van der Waals surface area (Å²) in [7, 11) is -4.43. The summed E-state index contributed by atoms with van der Waals surface area (Å²) in [5, 5.41) is 12.1. The molecule has 0 aromatic heterocycles. The third kappa shape index (κ3) is 6.90. The van der Waals surface area contributed by atoms with E-state index < -0.39 is 20.8 Å². The van der Waals surface area contributed by atoms with Crippen molar-refractivity contribution in [2.24, 2.45) is 10.1 Å². The van der Waals surface area contributed by atoms with Gasteiger partial charge in [-0.3, -0.25) is 4.21 Å². The van der Waals surface area contributed by atoms with Gasteiger partial charge in [0.15, 0.2) is 5.96 Å². The van der Waals surface area contributed by atoms with E-state index in [1.54, 1.807) is 12.1 Å². The zero-order valence-corrected chi connectivity index (χ0v) is 17.6. The third-order valence-corrected chi connectivity index (χ3v) is 7.31. The molecule has 0 aliphatic heterocycles. The van der Waals surface area contributed by atoms with Crippen molar-refractivity contribution in [2.75, 3.05) is 12.3 Å².